The fourth-order valence-electron chi connectivity index (χ4n) is 3.26. The molecule has 1 aliphatic heterocycles. The van der Waals surface area contributed by atoms with Crippen LogP contribution in [0.2, 0.25) is 0 Å². The molecular formula is C16H26N2. The first-order valence-corrected chi connectivity index (χ1v) is 6.94. The van der Waals surface area contributed by atoms with Crippen LogP contribution in [0.3, 0.4) is 0 Å². The average Bonchev–Trinajstić information content (AvgIpc) is 2.58. The van der Waals surface area contributed by atoms with E-state index in [9.17, 15) is 0 Å². The van der Waals surface area contributed by atoms with Crippen molar-refractivity contribution in [2.24, 2.45) is 5.92 Å². The predicted molar refractivity (Wildman–Crippen MR) is 79.4 cm³/mol. The van der Waals surface area contributed by atoms with Crippen LogP contribution in [0.25, 0.3) is 0 Å². The number of hydrogen-bond donors (Lipinski definition) is 1. The smallest absolute Gasteiger partial charge is 0.0403 e. The number of rotatable bonds is 3. The molecule has 1 aliphatic rings. The van der Waals surface area contributed by atoms with Crippen molar-refractivity contribution in [1.29, 1.82) is 0 Å². The molecule has 1 aromatic carbocycles. The van der Waals surface area contributed by atoms with Crippen LogP contribution in [0, 0.1) is 19.8 Å². The van der Waals surface area contributed by atoms with E-state index in [-0.39, 0.29) is 5.54 Å². The molecule has 100 valence electrons. The van der Waals surface area contributed by atoms with E-state index in [1.54, 1.807) is 0 Å². The number of anilines is 1. The molecule has 1 N–H and O–H groups in total. The highest BCUT2D eigenvalue weighted by Gasteiger charge is 2.38. The maximum absolute atomic E-state index is 3.32. The second-order valence-electron chi connectivity index (χ2n) is 6.27. The number of nitrogens with one attached hydrogen (secondary N) is 1. The third-order valence-corrected chi connectivity index (χ3v) is 4.32. The first kappa shape index (κ1) is 13.4. The van der Waals surface area contributed by atoms with Crippen LogP contribution in [-0.2, 0) is 0 Å². The van der Waals surface area contributed by atoms with Gasteiger partial charge in [0.25, 0.3) is 0 Å². The van der Waals surface area contributed by atoms with Crippen molar-refractivity contribution in [3.05, 3.63) is 29.3 Å². The highest BCUT2D eigenvalue weighted by Crippen LogP contribution is 2.38. The molecule has 0 saturated carbocycles. The highest BCUT2D eigenvalue weighted by molar-refractivity contribution is 5.58. The lowest BCUT2D eigenvalue weighted by atomic mass is 9.95. The van der Waals surface area contributed by atoms with Crippen molar-refractivity contribution in [3.8, 4) is 0 Å². The van der Waals surface area contributed by atoms with E-state index >= 15 is 0 Å². The molecule has 0 bridgehead atoms. The Morgan fingerprint density at radius 2 is 2.06 bits per heavy atom. The first-order chi connectivity index (χ1) is 8.45. The van der Waals surface area contributed by atoms with Crippen LogP contribution in [0.4, 0.5) is 5.69 Å². The fraction of sp³-hybridized carbons (Fsp3) is 0.625. The number of benzene rings is 1. The summed E-state index contributed by atoms with van der Waals surface area (Å²) in [6.45, 7) is 11.5. The van der Waals surface area contributed by atoms with Gasteiger partial charge in [0, 0.05) is 17.8 Å². The topological polar surface area (TPSA) is 15.3 Å². The van der Waals surface area contributed by atoms with Gasteiger partial charge in [-0.1, -0.05) is 12.1 Å². The summed E-state index contributed by atoms with van der Waals surface area (Å²) in [7, 11) is 2.05. The molecule has 0 aromatic heterocycles. The van der Waals surface area contributed by atoms with Crippen molar-refractivity contribution in [1.82, 2.24) is 5.32 Å². The number of aryl methyl sites for hydroxylation is 1. The molecule has 1 atom stereocenters. The molecule has 18 heavy (non-hydrogen) atoms. The van der Waals surface area contributed by atoms with E-state index in [2.05, 4.69) is 56.1 Å². The molecule has 2 rings (SSSR count). The van der Waals surface area contributed by atoms with Crippen molar-refractivity contribution in [3.63, 3.8) is 0 Å². The van der Waals surface area contributed by atoms with Crippen LogP contribution in [0.1, 0.15) is 31.4 Å². The van der Waals surface area contributed by atoms with E-state index in [1.165, 1.54) is 23.2 Å². The average molecular weight is 246 g/mol. The highest BCUT2D eigenvalue weighted by atomic mass is 15.2. The molecule has 1 heterocycles. The standard InChI is InChI=1S/C16H26N2/c1-12-7-6-8-15(13(12)2)18-11-14(10-17-5)9-16(18,3)4/h6-8,14,17H,9-11H2,1-5H3. The molecular weight excluding hydrogens is 220 g/mol. The zero-order chi connectivity index (χ0) is 13.3. The summed E-state index contributed by atoms with van der Waals surface area (Å²) >= 11 is 0. The van der Waals surface area contributed by atoms with Gasteiger partial charge in [0.05, 0.1) is 0 Å². The maximum atomic E-state index is 3.32. The molecule has 2 nitrogen and oxygen atoms in total. The summed E-state index contributed by atoms with van der Waals surface area (Å²) in [6.07, 6.45) is 1.27. The lowest BCUT2D eigenvalue weighted by Gasteiger charge is -2.35. The minimum absolute atomic E-state index is 0.264. The minimum Gasteiger partial charge on any atom is -0.366 e. The predicted octanol–water partition coefficient (Wildman–Crippen LogP) is 3.13. The van der Waals surface area contributed by atoms with Gasteiger partial charge in [0.1, 0.15) is 0 Å². The van der Waals surface area contributed by atoms with Crippen LogP contribution < -0.4 is 10.2 Å². The van der Waals surface area contributed by atoms with Gasteiger partial charge in [0.15, 0.2) is 0 Å². The van der Waals surface area contributed by atoms with Crippen LogP contribution >= 0.6 is 0 Å². The molecule has 0 spiro atoms. The van der Waals surface area contributed by atoms with Gasteiger partial charge in [-0.05, 0) is 70.8 Å². The number of nitrogens with zero attached hydrogens (tertiary/aromatic N) is 1. The third-order valence-electron chi connectivity index (χ3n) is 4.32. The van der Waals surface area contributed by atoms with Gasteiger partial charge in [-0.15, -0.1) is 0 Å². The lowest BCUT2D eigenvalue weighted by molar-refractivity contribution is 0.461. The summed E-state index contributed by atoms with van der Waals surface area (Å²) < 4.78 is 0. The molecule has 0 radical (unpaired) electrons. The first-order valence-electron chi connectivity index (χ1n) is 6.94. The van der Waals surface area contributed by atoms with Gasteiger partial charge >= 0.3 is 0 Å². The summed E-state index contributed by atoms with van der Waals surface area (Å²) in [4.78, 5) is 2.59. The molecule has 1 fully saturated rings. The minimum atomic E-state index is 0.264. The van der Waals surface area contributed by atoms with E-state index < -0.39 is 0 Å². The van der Waals surface area contributed by atoms with E-state index in [0.29, 0.717) is 0 Å². The van der Waals surface area contributed by atoms with Crippen LogP contribution in [0.15, 0.2) is 18.2 Å². The van der Waals surface area contributed by atoms with Gasteiger partial charge in [-0.25, -0.2) is 0 Å². The van der Waals surface area contributed by atoms with Gasteiger partial charge in [0.2, 0.25) is 0 Å². The van der Waals surface area contributed by atoms with Crippen LogP contribution in [0.5, 0.6) is 0 Å². The molecule has 2 heteroatoms. The van der Waals surface area contributed by atoms with Crippen molar-refractivity contribution in [2.75, 3.05) is 25.0 Å². The maximum Gasteiger partial charge on any atom is 0.0403 e. The van der Waals surface area contributed by atoms with Gasteiger partial charge < -0.3 is 10.2 Å². The Kier molecular flexibility index (Phi) is 3.67. The van der Waals surface area contributed by atoms with E-state index in [4.69, 9.17) is 0 Å². The zero-order valence-electron chi connectivity index (χ0n) is 12.4. The van der Waals surface area contributed by atoms with Crippen molar-refractivity contribution >= 4 is 5.69 Å². The molecule has 0 aliphatic carbocycles. The summed E-state index contributed by atoms with van der Waals surface area (Å²) in [6, 6.07) is 6.65. The summed E-state index contributed by atoms with van der Waals surface area (Å²) in [5.74, 6) is 0.755. The monoisotopic (exact) mass is 246 g/mol. The zero-order valence-corrected chi connectivity index (χ0v) is 12.4. The van der Waals surface area contributed by atoms with Gasteiger partial charge in [-0.2, -0.15) is 0 Å². The van der Waals surface area contributed by atoms with Gasteiger partial charge in [-0.3, -0.25) is 0 Å². The van der Waals surface area contributed by atoms with Crippen molar-refractivity contribution in [2.45, 2.75) is 39.7 Å². The Morgan fingerprint density at radius 1 is 1.33 bits per heavy atom. The third kappa shape index (κ3) is 2.39. The largest absolute Gasteiger partial charge is 0.366 e. The summed E-state index contributed by atoms with van der Waals surface area (Å²) in [5, 5.41) is 3.32. The molecule has 1 aromatic rings. The van der Waals surface area contributed by atoms with Crippen molar-refractivity contribution < 1.29 is 0 Å². The Bertz CT molecular complexity index is 423. The van der Waals surface area contributed by atoms with Crippen LogP contribution in [-0.4, -0.2) is 25.7 Å². The quantitative estimate of drug-likeness (QED) is 0.881. The normalized spacial score (nSPS) is 22.5. The second-order valence-corrected chi connectivity index (χ2v) is 6.27. The Hall–Kier alpha value is -1.02. The summed E-state index contributed by atoms with van der Waals surface area (Å²) in [5.41, 5.74) is 4.50. The second kappa shape index (κ2) is 4.93. The SMILES string of the molecule is CNCC1CN(c2cccc(C)c2C)C(C)(C)C1. The fourth-order valence-corrected chi connectivity index (χ4v) is 3.26. The number of hydrogen-bond acceptors (Lipinski definition) is 2. The molecule has 1 unspecified atom stereocenters. The Labute approximate surface area is 111 Å². The Morgan fingerprint density at radius 3 is 2.72 bits per heavy atom. The molecule has 1 saturated heterocycles. The van der Waals surface area contributed by atoms with E-state index in [1.807, 2.05) is 7.05 Å². The molecule has 0 amide bonds. The Balaban J connectivity index is 2.30. The lowest BCUT2D eigenvalue weighted by Crippen LogP contribution is -2.38. The van der Waals surface area contributed by atoms with E-state index in [0.717, 1.165) is 19.0 Å².